The number of aldehydes is 1. The number of fused-ring (bicyclic) bond motifs is 5. The molecule has 0 atom stereocenters. The first kappa shape index (κ1) is 15.2. The number of furan rings is 1. The van der Waals surface area contributed by atoms with E-state index >= 15 is 0 Å². The molecule has 5 rings (SSSR count). The lowest BCUT2D eigenvalue weighted by Crippen LogP contribution is -1.89. The largest absolute Gasteiger partial charge is 0.455 e. The normalized spacial score (nSPS) is 11.4. The third kappa shape index (κ3) is 2.16. The third-order valence-corrected chi connectivity index (χ3v) is 5.07. The van der Waals surface area contributed by atoms with E-state index in [9.17, 15) is 4.79 Å². The Hall–Kier alpha value is -3.10. The van der Waals surface area contributed by atoms with Crippen LogP contribution in [0.25, 0.3) is 43.8 Å². The molecule has 2 nitrogen and oxygen atoms in total. The SMILES string of the molecule is O=Cc1cc(Cl)ccc1-c1cccc2c1ccc1c3ccccc3oc21. The Bertz CT molecular complexity index is 1310. The maximum Gasteiger partial charge on any atom is 0.150 e. The number of halogens is 1. The van der Waals surface area contributed by atoms with Crippen LogP contribution in [0, 0.1) is 0 Å². The van der Waals surface area contributed by atoms with Crippen LogP contribution < -0.4 is 0 Å². The highest BCUT2D eigenvalue weighted by molar-refractivity contribution is 6.31. The van der Waals surface area contributed by atoms with Crippen LogP contribution in [-0.2, 0) is 0 Å². The van der Waals surface area contributed by atoms with Gasteiger partial charge in [0.1, 0.15) is 11.2 Å². The molecule has 3 heteroatoms. The van der Waals surface area contributed by atoms with Gasteiger partial charge in [0.05, 0.1) is 0 Å². The summed E-state index contributed by atoms with van der Waals surface area (Å²) in [6.07, 6.45) is 0.847. The molecule has 124 valence electrons. The van der Waals surface area contributed by atoms with Gasteiger partial charge in [0.25, 0.3) is 0 Å². The summed E-state index contributed by atoms with van der Waals surface area (Å²) in [5, 5.41) is 4.83. The number of carbonyl (C=O) groups excluding carboxylic acids is 1. The molecule has 0 bridgehead atoms. The van der Waals surface area contributed by atoms with Gasteiger partial charge in [-0.3, -0.25) is 4.79 Å². The van der Waals surface area contributed by atoms with Crippen molar-refractivity contribution in [3.05, 3.63) is 83.4 Å². The van der Waals surface area contributed by atoms with Crippen LogP contribution in [-0.4, -0.2) is 6.29 Å². The molecular formula is C23H13ClO2. The van der Waals surface area contributed by atoms with Crippen LogP contribution in [0.4, 0.5) is 0 Å². The minimum Gasteiger partial charge on any atom is -0.455 e. The molecule has 1 heterocycles. The Morgan fingerprint density at radius 2 is 1.50 bits per heavy atom. The van der Waals surface area contributed by atoms with E-state index in [2.05, 4.69) is 24.3 Å². The van der Waals surface area contributed by atoms with Gasteiger partial charge in [0.2, 0.25) is 0 Å². The fourth-order valence-corrected chi connectivity index (χ4v) is 3.83. The predicted molar refractivity (Wildman–Crippen MR) is 107 cm³/mol. The van der Waals surface area contributed by atoms with E-state index < -0.39 is 0 Å². The molecule has 0 saturated carbocycles. The minimum absolute atomic E-state index is 0.552. The highest BCUT2D eigenvalue weighted by Crippen LogP contribution is 2.38. The molecule has 0 saturated heterocycles. The van der Waals surface area contributed by atoms with Gasteiger partial charge in [0, 0.05) is 26.7 Å². The summed E-state index contributed by atoms with van der Waals surface area (Å²) < 4.78 is 6.14. The number of hydrogen-bond donors (Lipinski definition) is 0. The monoisotopic (exact) mass is 356 g/mol. The first-order chi connectivity index (χ1) is 12.8. The molecule has 0 radical (unpaired) electrons. The van der Waals surface area contributed by atoms with Crippen molar-refractivity contribution >= 4 is 50.6 Å². The van der Waals surface area contributed by atoms with Gasteiger partial charge >= 0.3 is 0 Å². The lowest BCUT2D eigenvalue weighted by Gasteiger charge is -2.10. The molecular weight excluding hydrogens is 344 g/mol. The van der Waals surface area contributed by atoms with Crippen molar-refractivity contribution in [1.29, 1.82) is 0 Å². The molecule has 4 aromatic carbocycles. The van der Waals surface area contributed by atoms with Crippen LogP contribution in [0.2, 0.25) is 5.02 Å². The minimum atomic E-state index is 0.552. The highest BCUT2D eigenvalue weighted by Gasteiger charge is 2.14. The zero-order chi connectivity index (χ0) is 17.7. The van der Waals surface area contributed by atoms with Crippen molar-refractivity contribution in [3.63, 3.8) is 0 Å². The summed E-state index contributed by atoms with van der Waals surface area (Å²) in [6, 6.07) is 23.7. The number of para-hydroxylation sites is 1. The summed E-state index contributed by atoms with van der Waals surface area (Å²) in [7, 11) is 0. The van der Waals surface area contributed by atoms with Crippen LogP contribution in [0.1, 0.15) is 10.4 Å². The van der Waals surface area contributed by atoms with Crippen molar-refractivity contribution < 1.29 is 9.21 Å². The Balaban J connectivity index is 1.88. The van der Waals surface area contributed by atoms with Gasteiger partial charge in [-0.05, 0) is 40.8 Å². The van der Waals surface area contributed by atoms with E-state index in [1.54, 1.807) is 6.07 Å². The molecule has 0 aliphatic rings. The zero-order valence-corrected chi connectivity index (χ0v) is 14.5. The van der Waals surface area contributed by atoms with Crippen LogP contribution in [0.3, 0.4) is 0 Å². The maximum absolute atomic E-state index is 11.5. The summed E-state index contributed by atoms with van der Waals surface area (Å²) in [5.74, 6) is 0. The Labute approximate surface area is 154 Å². The summed E-state index contributed by atoms with van der Waals surface area (Å²) in [6.45, 7) is 0. The lowest BCUT2D eigenvalue weighted by atomic mass is 9.94. The average Bonchev–Trinajstić information content (AvgIpc) is 3.06. The number of rotatable bonds is 2. The molecule has 0 unspecified atom stereocenters. The molecule has 1 aromatic heterocycles. The van der Waals surface area contributed by atoms with E-state index in [1.807, 2.05) is 42.5 Å². The van der Waals surface area contributed by atoms with Crippen LogP contribution in [0.15, 0.2) is 77.2 Å². The number of benzene rings is 4. The Morgan fingerprint density at radius 3 is 2.38 bits per heavy atom. The van der Waals surface area contributed by atoms with Crippen molar-refractivity contribution in [3.8, 4) is 11.1 Å². The van der Waals surface area contributed by atoms with E-state index in [1.165, 1.54) is 0 Å². The lowest BCUT2D eigenvalue weighted by molar-refractivity contribution is 0.112. The van der Waals surface area contributed by atoms with E-state index in [0.717, 1.165) is 50.1 Å². The molecule has 0 aliphatic carbocycles. The maximum atomic E-state index is 11.5. The van der Waals surface area contributed by atoms with Crippen molar-refractivity contribution in [2.45, 2.75) is 0 Å². The summed E-state index contributed by atoms with van der Waals surface area (Å²) >= 11 is 6.05. The molecule has 26 heavy (non-hydrogen) atoms. The summed E-state index contributed by atoms with van der Waals surface area (Å²) in [5.41, 5.74) is 4.18. The van der Waals surface area contributed by atoms with E-state index in [-0.39, 0.29) is 0 Å². The number of carbonyl (C=O) groups is 1. The fourth-order valence-electron chi connectivity index (χ4n) is 3.65. The van der Waals surface area contributed by atoms with Gasteiger partial charge in [-0.2, -0.15) is 0 Å². The van der Waals surface area contributed by atoms with Crippen LogP contribution in [0.5, 0.6) is 0 Å². The van der Waals surface area contributed by atoms with Gasteiger partial charge in [0.15, 0.2) is 6.29 Å². The molecule has 0 spiro atoms. The predicted octanol–water partition coefficient (Wildman–Crippen LogP) is 6.87. The second kappa shape index (κ2) is 5.72. The van der Waals surface area contributed by atoms with E-state index in [0.29, 0.717) is 10.6 Å². The van der Waals surface area contributed by atoms with Crippen molar-refractivity contribution in [2.75, 3.05) is 0 Å². The Kier molecular flexibility index (Phi) is 3.34. The van der Waals surface area contributed by atoms with Gasteiger partial charge in [-0.1, -0.05) is 60.1 Å². The highest BCUT2D eigenvalue weighted by atomic mass is 35.5. The van der Waals surface area contributed by atoms with E-state index in [4.69, 9.17) is 16.0 Å². The van der Waals surface area contributed by atoms with Crippen molar-refractivity contribution in [1.82, 2.24) is 0 Å². The molecule has 0 N–H and O–H groups in total. The summed E-state index contributed by atoms with van der Waals surface area (Å²) in [4.78, 5) is 11.5. The fraction of sp³-hybridized carbons (Fsp3) is 0. The van der Waals surface area contributed by atoms with Crippen LogP contribution >= 0.6 is 11.6 Å². The molecule has 0 amide bonds. The van der Waals surface area contributed by atoms with Gasteiger partial charge < -0.3 is 4.42 Å². The number of hydrogen-bond acceptors (Lipinski definition) is 2. The average molecular weight is 357 g/mol. The first-order valence-corrected chi connectivity index (χ1v) is 8.72. The topological polar surface area (TPSA) is 30.2 Å². The standard InChI is InChI=1S/C23H13ClO2/c24-15-8-9-16(14(12-15)13-25)17-5-3-6-20-18(17)10-11-21-19-4-1-2-7-22(19)26-23(20)21/h1-13H. The first-order valence-electron chi connectivity index (χ1n) is 8.34. The Morgan fingerprint density at radius 1 is 0.731 bits per heavy atom. The molecule has 5 aromatic rings. The molecule has 0 aliphatic heterocycles. The second-order valence-electron chi connectivity index (χ2n) is 6.29. The smallest absolute Gasteiger partial charge is 0.150 e. The van der Waals surface area contributed by atoms with Crippen molar-refractivity contribution in [2.24, 2.45) is 0 Å². The van der Waals surface area contributed by atoms with Gasteiger partial charge in [-0.15, -0.1) is 0 Å². The zero-order valence-electron chi connectivity index (χ0n) is 13.7. The second-order valence-corrected chi connectivity index (χ2v) is 6.73. The molecule has 0 fully saturated rings. The van der Waals surface area contributed by atoms with Gasteiger partial charge in [-0.25, -0.2) is 0 Å². The quantitative estimate of drug-likeness (QED) is 0.323. The third-order valence-electron chi connectivity index (χ3n) is 4.83.